The summed E-state index contributed by atoms with van der Waals surface area (Å²) in [6.07, 6.45) is -0.491. The Bertz CT molecular complexity index is 694. The fourth-order valence-electron chi connectivity index (χ4n) is 2.39. The maximum atomic E-state index is 10.1. The van der Waals surface area contributed by atoms with Crippen LogP contribution in [0.4, 0.5) is 0 Å². The first-order valence-corrected chi connectivity index (χ1v) is 9.21. The van der Waals surface area contributed by atoms with Gasteiger partial charge in [0, 0.05) is 11.4 Å². The van der Waals surface area contributed by atoms with E-state index in [1.807, 2.05) is 42.8 Å². The Kier molecular flexibility index (Phi) is 5.75. The number of benzene rings is 1. The zero-order valence-electron chi connectivity index (χ0n) is 13.0. The highest BCUT2D eigenvalue weighted by Gasteiger charge is 2.11. The summed E-state index contributed by atoms with van der Waals surface area (Å²) in [5.41, 5.74) is 1.04. The molecule has 0 fully saturated rings. The van der Waals surface area contributed by atoms with E-state index in [-0.39, 0.29) is 0 Å². The predicted molar refractivity (Wildman–Crippen MR) is 95.9 cm³/mol. The molecule has 0 bridgehead atoms. The largest absolute Gasteiger partial charge is 0.389 e. The first kappa shape index (κ1) is 16.5. The van der Waals surface area contributed by atoms with Crippen molar-refractivity contribution in [3.63, 3.8) is 0 Å². The lowest BCUT2D eigenvalue weighted by molar-refractivity contribution is 0.0135. The molecular weight excluding hydrogens is 328 g/mol. The van der Waals surface area contributed by atoms with E-state index in [9.17, 15) is 5.11 Å². The third kappa shape index (κ3) is 4.83. The van der Waals surface area contributed by atoms with E-state index in [2.05, 4.69) is 16.0 Å². The van der Waals surface area contributed by atoms with Crippen molar-refractivity contribution in [1.29, 1.82) is 0 Å². The molecule has 0 saturated heterocycles. The second kappa shape index (κ2) is 7.99. The van der Waals surface area contributed by atoms with Gasteiger partial charge in [-0.05, 0) is 30.6 Å². The summed E-state index contributed by atoms with van der Waals surface area (Å²) in [7, 11) is 1.99. The SMILES string of the molecule is CN(Cc1nc2ccccc2s1)C[C@H](O)COCc1cccs1. The van der Waals surface area contributed by atoms with Crippen LogP contribution in [0.3, 0.4) is 0 Å². The highest BCUT2D eigenvalue weighted by Crippen LogP contribution is 2.22. The third-order valence-corrected chi connectivity index (χ3v) is 5.27. The van der Waals surface area contributed by atoms with Gasteiger partial charge in [-0.1, -0.05) is 18.2 Å². The Hall–Kier alpha value is -1.31. The molecule has 0 spiro atoms. The zero-order valence-corrected chi connectivity index (χ0v) is 14.6. The number of rotatable bonds is 8. The van der Waals surface area contributed by atoms with E-state index in [1.165, 1.54) is 9.58 Å². The van der Waals surface area contributed by atoms with Gasteiger partial charge in [0.05, 0.1) is 36.1 Å². The van der Waals surface area contributed by atoms with Crippen molar-refractivity contribution in [3.8, 4) is 0 Å². The third-order valence-electron chi connectivity index (χ3n) is 3.40. The molecule has 23 heavy (non-hydrogen) atoms. The molecule has 0 aliphatic heterocycles. The van der Waals surface area contributed by atoms with Crippen LogP contribution in [0.25, 0.3) is 10.2 Å². The average Bonchev–Trinajstić information content (AvgIpc) is 3.15. The maximum Gasteiger partial charge on any atom is 0.108 e. The van der Waals surface area contributed by atoms with Crippen molar-refractivity contribution >= 4 is 32.9 Å². The van der Waals surface area contributed by atoms with Crippen LogP contribution in [0.1, 0.15) is 9.88 Å². The van der Waals surface area contributed by atoms with Crippen LogP contribution >= 0.6 is 22.7 Å². The van der Waals surface area contributed by atoms with Crippen LogP contribution in [0.15, 0.2) is 41.8 Å². The Balaban J connectivity index is 1.43. The number of para-hydroxylation sites is 1. The molecular formula is C17H20N2O2S2. The van der Waals surface area contributed by atoms with Crippen molar-refractivity contribution in [2.75, 3.05) is 20.2 Å². The van der Waals surface area contributed by atoms with Crippen LogP contribution in [0, 0.1) is 0 Å². The predicted octanol–water partition coefficient (Wildman–Crippen LogP) is 3.37. The fourth-order valence-corrected chi connectivity index (χ4v) is 4.07. The number of aromatic nitrogens is 1. The Morgan fingerprint density at radius 3 is 2.91 bits per heavy atom. The molecule has 0 amide bonds. The Labute approximate surface area is 144 Å². The molecule has 4 nitrogen and oxygen atoms in total. The second-order valence-corrected chi connectivity index (χ2v) is 7.67. The average molecular weight is 348 g/mol. The molecule has 3 rings (SSSR count). The number of thiazole rings is 1. The number of aliphatic hydroxyl groups is 1. The molecule has 1 aromatic carbocycles. The van der Waals surface area contributed by atoms with E-state index < -0.39 is 6.10 Å². The number of fused-ring (bicyclic) bond motifs is 1. The van der Waals surface area contributed by atoms with E-state index in [0.29, 0.717) is 19.8 Å². The maximum absolute atomic E-state index is 10.1. The van der Waals surface area contributed by atoms with Crippen molar-refractivity contribution < 1.29 is 9.84 Å². The Morgan fingerprint density at radius 1 is 1.26 bits per heavy atom. The fraction of sp³-hybridized carbons (Fsp3) is 0.353. The number of aliphatic hydroxyl groups excluding tert-OH is 1. The second-order valence-electron chi connectivity index (χ2n) is 5.52. The van der Waals surface area contributed by atoms with Gasteiger partial charge in [0.2, 0.25) is 0 Å². The molecule has 0 aliphatic rings. The normalized spacial score (nSPS) is 13.0. The summed E-state index contributed by atoms with van der Waals surface area (Å²) in [5.74, 6) is 0. The molecule has 1 atom stereocenters. The van der Waals surface area contributed by atoms with Gasteiger partial charge in [-0.25, -0.2) is 4.98 Å². The first-order chi connectivity index (χ1) is 11.2. The van der Waals surface area contributed by atoms with E-state index in [1.54, 1.807) is 22.7 Å². The number of ether oxygens (including phenoxy) is 1. The van der Waals surface area contributed by atoms with E-state index in [4.69, 9.17) is 4.74 Å². The van der Waals surface area contributed by atoms with Gasteiger partial charge >= 0.3 is 0 Å². The van der Waals surface area contributed by atoms with Crippen LogP contribution in [-0.2, 0) is 17.9 Å². The molecule has 2 heterocycles. The molecule has 0 aliphatic carbocycles. The molecule has 3 aromatic rings. The molecule has 0 unspecified atom stereocenters. The molecule has 6 heteroatoms. The molecule has 1 N–H and O–H groups in total. The van der Waals surface area contributed by atoms with Crippen LogP contribution in [-0.4, -0.2) is 41.3 Å². The Morgan fingerprint density at radius 2 is 2.13 bits per heavy atom. The summed E-state index contributed by atoms with van der Waals surface area (Å²) in [6, 6.07) is 12.2. The van der Waals surface area contributed by atoms with Gasteiger partial charge in [0.25, 0.3) is 0 Å². The number of thiophene rings is 1. The van der Waals surface area contributed by atoms with E-state index >= 15 is 0 Å². The summed E-state index contributed by atoms with van der Waals surface area (Å²) in [4.78, 5) is 7.88. The topological polar surface area (TPSA) is 45.6 Å². The monoisotopic (exact) mass is 348 g/mol. The van der Waals surface area contributed by atoms with Crippen molar-refractivity contribution in [2.24, 2.45) is 0 Å². The van der Waals surface area contributed by atoms with Crippen LogP contribution in [0.5, 0.6) is 0 Å². The molecule has 2 aromatic heterocycles. The number of hydrogen-bond acceptors (Lipinski definition) is 6. The first-order valence-electron chi connectivity index (χ1n) is 7.52. The van der Waals surface area contributed by atoms with Gasteiger partial charge in [0.15, 0.2) is 0 Å². The van der Waals surface area contributed by atoms with Crippen LogP contribution < -0.4 is 0 Å². The quantitative estimate of drug-likeness (QED) is 0.678. The minimum Gasteiger partial charge on any atom is -0.389 e. The summed E-state index contributed by atoms with van der Waals surface area (Å²) < 4.78 is 6.76. The molecule has 122 valence electrons. The number of likely N-dealkylation sites (N-methyl/N-ethyl adjacent to an activating group) is 1. The lowest BCUT2D eigenvalue weighted by atomic mass is 10.3. The highest BCUT2D eigenvalue weighted by molar-refractivity contribution is 7.18. The molecule has 0 radical (unpaired) electrons. The molecule has 0 saturated carbocycles. The van der Waals surface area contributed by atoms with Gasteiger partial charge in [-0.15, -0.1) is 22.7 Å². The van der Waals surface area contributed by atoms with Gasteiger partial charge in [0.1, 0.15) is 5.01 Å². The smallest absolute Gasteiger partial charge is 0.108 e. The summed E-state index contributed by atoms with van der Waals surface area (Å²) in [6.45, 7) is 2.22. The van der Waals surface area contributed by atoms with E-state index in [0.717, 1.165) is 17.1 Å². The lowest BCUT2D eigenvalue weighted by Gasteiger charge is -2.19. The number of nitrogens with zero attached hydrogens (tertiary/aromatic N) is 2. The minimum atomic E-state index is -0.491. The minimum absolute atomic E-state index is 0.349. The van der Waals surface area contributed by atoms with Crippen molar-refractivity contribution in [3.05, 3.63) is 51.7 Å². The highest BCUT2D eigenvalue weighted by atomic mass is 32.1. The van der Waals surface area contributed by atoms with Gasteiger partial charge < -0.3 is 9.84 Å². The summed E-state index contributed by atoms with van der Waals surface area (Å²) >= 11 is 3.37. The van der Waals surface area contributed by atoms with Crippen molar-refractivity contribution in [2.45, 2.75) is 19.3 Å². The van der Waals surface area contributed by atoms with Gasteiger partial charge in [-0.2, -0.15) is 0 Å². The lowest BCUT2D eigenvalue weighted by Crippen LogP contribution is -2.31. The number of hydrogen-bond donors (Lipinski definition) is 1. The van der Waals surface area contributed by atoms with Crippen LogP contribution in [0.2, 0.25) is 0 Å². The summed E-state index contributed by atoms with van der Waals surface area (Å²) in [5, 5.41) is 13.2. The standard InChI is InChI=1S/C17H20N2O2S2/c1-19(9-13(20)11-21-12-14-5-4-8-22-14)10-17-18-15-6-2-3-7-16(15)23-17/h2-8,13,20H,9-12H2,1H3/t13-/m0/s1. The zero-order chi connectivity index (χ0) is 16.1. The van der Waals surface area contributed by atoms with Crippen molar-refractivity contribution in [1.82, 2.24) is 9.88 Å². The van der Waals surface area contributed by atoms with Gasteiger partial charge in [-0.3, -0.25) is 4.90 Å².